The first-order valence-corrected chi connectivity index (χ1v) is 10.8. The Bertz CT molecular complexity index is 1330. The molecule has 0 aliphatic carbocycles. The minimum Gasteiger partial charge on any atom is -0.313 e. The summed E-state index contributed by atoms with van der Waals surface area (Å²) in [7, 11) is -3.89. The van der Waals surface area contributed by atoms with Gasteiger partial charge in [0.2, 0.25) is 0 Å². The maximum absolute atomic E-state index is 12.9. The van der Waals surface area contributed by atoms with E-state index in [1.165, 1.54) is 6.07 Å². The van der Waals surface area contributed by atoms with E-state index in [0.29, 0.717) is 28.1 Å². The third kappa shape index (κ3) is 3.03. The predicted octanol–water partition coefficient (Wildman–Crippen LogP) is 4.41. The molecule has 0 N–H and O–H groups in total. The number of pyridine rings is 1. The monoisotopic (exact) mass is 405 g/mol. The Balaban J connectivity index is 2.08. The number of sulfonamides is 1. The van der Waals surface area contributed by atoms with E-state index in [0.717, 1.165) is 16.9 Å². The zero-order chi connectivity index (χ0) is 19.7. The van der Waals surface area contributed by atoms with Gasteiger partial charge in [-0.15, -0.1) is 11.3 Å². The maximum atomic E-state index is 12.9. The molecule has 0 saturated carbocycles. The fraction of sp³-hybridized carbons (Fsp3) is 0.0476. The molecule has 7 heteroatoms. The van der Waals surface area contributed by atoms with Crippen LogP contribution in [0.4, 0.5) is 0 Å². The molecule has 5 nitrogen and oxygen atoms in total. The number of nitrogens with zero attached hydrogens (tertiary/aromatic N) is 3. The molecule has 0 spiro atoms. The third-order valence-corrected chi connectivity index (χ3v) is 7.08. The van der Waals surface area contributed by atoms with Crippen LogP contribution in [-0.2, 0) is 10.0 Å². The van der Waals surface area contributed by atoms with Gasteiger partial charge in [-0.2, -0.15) is 18.1 Å². The summed E-state index contributed by atoms with van der Waals surface area (Å²) in [6.07, 6.45) is 1.81. The van der Waals surface area contributed by atoms with E-state index < -0.39 is 10.0 Å². The lowest BCUT2D eigenvalue weighted by atomic mass is 10.0. The molecule has 3 aromatic heterocycles. The summed E-state index contributed by atoms with van der Waals surface area (Å²) in [5, 5.41) is 11.3. The number of rotatable bonds is 4. The van der Waals surface area contributed by atoms with Crippen molar-refractivity contribution in [1.82, 2.24) is 4.40 Å². The normalized spacial score (nSPS) is 12.2. The molecule has 0 atom stereocenters. The van der Waals surface area contributed by atoms with Crippen molar-refractivity contribution >= 4 is 32.6 Å². The minimum absolute atomic E-state index is 0.181. The Morgan fingerprint density at radius 1 is 1.07 bits per heavy atom. The Hall–Kier alpha value is -3.21. The second kappa shape index (κ2) is 7.08. The van der Waals surface area contributed by atoms with E-state index in [1.54, 1.807) is 11.4 Å². The first-order valence-electron chi connectivity index (χ1n) is 8.47. The van der Waals surface area contributed by atoms with Crippen molar-refractivity contribution in [3.05, 3.63) is 94.6 Å². The van der Waals surface area contributed by atoms with Crippen LogP contribution in [0.5, 0.6) is 0 Å². The number of thiophene rings is 1. The van der Waals surface area contributed by atoms with Crippen LogP contribution in [0.25, 0.3) is 5.52 Å². The van der Waals surface area contributed by atoms with Gasteiger partial charge in [0, 0.05) is 11.8 Å². The summed E-state index contributed by atoms with van der Waals surface area (Å²) in [6.45, 7) is 1.82. The standard InChI is InChI=1S/C21H15N3O2S2/c1-15-17(14-22)18-10-5-6-12-24(18)21(15)20(16-8-3-2-4-9-16)23-28(25,26)19-11-7-13-27-19/h2-13H,1H3/b23-20-. The molecule has 3 heterocycles. The molecule has 0 aliphatic heterocycles. The van der Waals surface area contributed by atoms with Crippen LogP contribution >= 0.6 is 11.3 Å². The fourth-order valence-corrected chi connectivity index (χ4v) is 5.16. The van der Waals surface area contributed by atoms with Crippen LogP contribution in [0.3, 0.4) is 0 Å². The molecule has 0 fully saturated rings. The summed E-state index contributed by atoms with van der Waals surface area (Å²) in [5.41, 5.74) is 3.49. The molecule has 28 heavy (non-hydrogen) atoms. The molecule has 0 amide bonds. The lowest BCUT2D eigenvalue weighted by Crippen LogP contribution is -2.11. The third-order valence-electron chi connectivity index (χ3n) is 4.43. The highest BCUT2D eigenvalue weighted by Gasteiger charge is 2.23. The number of hydrogen-bond acceptors (Lipinski definition) is 4. The summed E-state index contributed by atoms with van der Waals surface area (Å²) >= 11 is 1.13. The van der Waals surface area contributed by atoms with Crippen molar-refractivity contribution in [3.8, 4) is 6.07 Å². The Labute approximate surface area is 166 Å². The van der Waals surface area contributed by atoms with Crippen LogP contribution in [-0.4, -0.2) is 18.5 Å². The quantitative estimate of drug-likeness (QED) is 0.472. The molecule has 0 bridgehead atoms. The van der Waals surface area contributed by atoms with Gasteiger partial charge in [-0.05, 0) is 36.1 Å². The van der Waals surface area contributed by atoms with Gasteiger partial charge in [0.05, 0.1) is 16.8 Å². The number of fused-ring (bicyclic) bond motifs is 1. The number of benzene rings is 1. The van der Waals surface area contributed by atoms with Crippen LogP contribution < -0.4 is 0 Å². The minimum atomic E-state index is -3.89. The first kappa shape index (κ1) is 18.2. The molecule has 0 unspecified atom stereocenters. The van der Waals surface area contributed by atoms with Gasteiger partial charge in [0.25, 0.3) is 10.0 Å². The molecule has 4 aromatic rings. The van der Waals surface area contributed by atoms with Crippen LogP contribution in [0, 0.1) is 18.3 Å². The highest BCUT2D eigenvalue weighted by atomic mass is 32.2. The van der Waals surface area contributed by atoms with Crippen molar-refractivity contribution in [2.75, 3.05) is 0 Å². The summed E-state index contributed by atoms with van der Waals surface area (Å²) in [4.78, 5) is 0. The molecule has 0 radical (unpaired) electrons. The first-order chi connectivity index (χ1) is 13.5. The van der Waals surface area contributed by atoms with Crippen molar-refractivity contribution in [1.29, 1.82) is 5.26 Å². The van der Waals surface area contributed by atoms with Gasteiger partial charge < -0.3 is 4.40 Å². The maximum Gasteiger partial charge on any atom is 0.292 e. The van der Waals surface area contributed by atoms with E-state index in [9.17, 15) is 13.7 Å². The highest BCUT2D eigenvalue weighted by molar-refractivity contribution is 7.92. The Morgan fingerprint density at radius 2 is 1.82 bits per heavy atom. The van der Waals surface area contributed by atoms with Gasteiger partial charge >= 0.3 is 0 Å². The lowest BCUT2D eigenvalue weighted by molar-refractivity contribution is 0.600. The molecule has 0 aliphatic rings. The zero-order valence-corrected chi connectivity index (χ0v) is 16.5. The van der Waals surface area contributed by atoms with Gasteiger partial charge in [0.15, 0.2) is 0 Å². The van der Waals surface area contributed by atoms with E-state index in [2.05, 4.69) is 10.5 Å². The highest BCUT2D eigenvalue weighted by Crippen LogP contribution is 2.27. The number of hydrogen-bond donors (Lipinski definition) is 0. The van der Waals surface area contributed by atoms with Crippen molar-refractivity contribution in [2.45, 2.75) is 11.1 Å². The SMILES string of the molecule is Cc1c(C#N)c2ccccn2c1/C(=N\S(=O)(=O)c1cccs1)c1ccccc1. The van der Waals surface area contributed by atoms with Crippen molar-refractivity contribution in [3.63, 3.8) is 0 Å². The van der Waals surface area contributed by atoms with E-state index in [-0.39, 0.29) is 4.21 Å². The second-order valence-electron chi connectivity index (χ2n) is 6.13. The van der Waals surface area contributed by atoms with Crippen molar-refractivity contribution < 1.29 is 8.42 Å². The average Bonchev–Trinajstić information content (AvgIpc) is 3.34. The fourth-order valence-electron chi connectivity index (χ4n) is 3.17. The topological polar surface area (TPSA) is 74.7 Å². The van der Waals surface area contributed by atoms with Gasteiger partial charge in [-0.3, -0.25) is 0 Å². The van der Waals surface area contributed by atoms with Gasteiger partial charge in [0.1, 0.15) is 16.0 Å². The van der Waals surface area contributed by atoms with Gasteiger partial charge in [-0.25, -0.2) is 0 Å². The molecule has 4 rings (SSSR count). The van der Waals surface area contributed by atoms with E-state index in [4.69, 9.17) is 0 Å². The summed E-state index contributed by atoms with van der Waals surface area (Å²) in [6, 6.07) is 20.1. The van der Waals surface area contributed by atoms with Gasteiger partial charge in [-0.1, -0.05) is 42.5 Å². The zero-order valence-electron chi connectivity index (χ0n) is 14.9. The largest absolute Gasteiger partial charge is 0.313 e. The smallest absolute Gasteiger partial charge is 0.292 e. The van der Waals surface area contributed by atoms with Crippen LogP contribution in [0.15, 0.2) is 80.8 Å². The van der Waals surface area contributed by atoms with Crippen LogP contribution in [0.1, 0.15) is 22.4 Å². The lowest BCUT2D eigenvalue weighted by Gasteiger charge is -2.09. The Morgan fingerprint density at radius 3 is 2.50 bits per heavy atom. The molecule has 138 valence electrons. The molecule has 1 aromatic carbocycles. The van der Waals surface area contributed by atoms with E-state index in [1.807, 2.05) is 66.1 Å². The molecule has 0 saturated heterocycles. The number of nitriles is 1. The molecular formula is C21H15N3O2S2. The van der Waals surface area contributed by atoms with E-state index >= 15 is 0 Å². The number of aromatic nitrogens is 1. The summed E-state index contributed by atoms with van der Waals surface area (Å²) < 4.78 is 32.1. The Kier molecular flexibility index (Phi) is 4.59. The average molecular weight is 406 g/mol. The van der Waals surface area contributed by atoms with Crippen LogP contribution in [0.2, 0.25) is 0 Å². The van der Waals surface area contributed by atoms with Crippen molar-refractivity contribution in [2.24, 2.45) is 4.40 Å². The second-order valence-corrected chi connectivity index (χ2v) is 8.91. The molecular weight excluding hydrogens is 390 g/mol. The summed E-state index contributed by atoms with van der Waals surface area (Å²) in [5.74, 6) is 0. The predicted molar refractivity (Wildman–Crippen MR) is 110 cm³/mol.